The smallest absolute Gasteiger partial charge is 0.306 e. The van der Waals surface area contributed by atoms with Crippen molar-refractivity contribution < 1.29 is 14.3 Å². The van der Waals surface area contributed by atoms with Crippen molar-refractivity contribution in [3.8, 4) is 0 Å². The van der Waals surface area contributed by atoms with E-state index in [4.69, 9.17) is 16.3 Å². The number of rotatable bonds is 6. The first kappa shape index (κ1) is 13.7. The summed E-state index contributed by atoms with van der Waals surface area (Å²) in [6.45, 7) is 2.32. The molecule has 0 saturated heterocycles. The maximum atomic E-state index is 11.8. The summed E-state index contributed by atoms with van der Waals surface area (Å²) >= 11 is 5.88. The van der Waals surface area contributed by atoms with Gasteiger partial charge in [0.15, 0.2) is 5.78 Å². The van der Waals surface area contributed by atoms with Gasteiger partial charge in [0.1, 0.15) is 0 Å². The van der Waals surface area contributed by atoms with Gasteiger partial charge in [-0.3, -0.25) is 9.59 Å². The predicted molar refractivity (Wildman–Crippen MR) is 66.3 cm³/mol. The van der Waals surface area contributed by atoms with Crippen LogP contribution in [0.4, 0.5) is 0 Å². The van der Waals surface area contributed by atoms with Crippen LogP contribution in [0.5, 0.6) is 0 Å². The second-order valence-corrected chi connectivity index (χ2v) is 4.03. The SMILES string of the molecule is CCCOC(=O)CCC(=O)c1ccccc1Cl. The third-order valence-corrected chi connectivity index (χ3v) is 2.53. The lowest BCUT2D eigenvalue weighted by molar-refractivity contribution is -0.143. The van der Waals surface area contributed by atoms with E-state index in [1.807, 2.05) is 6.92 Å². The van der Waals surface area contributed by atoms with Crippen LogP contribution in [0, 0.1) is 0 Å². The van der Waals surface area contributed by atoms with E-state index in [9.17, 15) is 9.59 Å². The van der Waals surface area contributed by atoms with Crippen LogP contribution in [0.15, 0.2) is 24.3 Å². The van der Waals surface area contributed by atoms with Crippen LogP contribution < -0.4 is 0 Å². The van der Waals surface area contributed by atoms with Crippen molar-refractivity contribution in [2.24, 2.45) is 0 Å². The highest BCUT2D eigenvalue weighted by Crippen LogP contribution is 2.17. The Morgan fingerprint density at radius 3 is 2.59 bits per heavy atom. The highest BCUT2D eigenvalue weighted by atomic mass is 35.5. The van der Waals surface area contributed by atoms with Crippen LogP contribution in [-0.2, 0) is 9.53 Å². The van der Waals surface area contributed by atoms with Crippen molar-refractivity contribution in [3.05, 3.63) is 34.9 Å². The maximum absolute atomic E-state index is 11.8. The Bertz CT molecular complexity index is 401. The van der Waals surface area contributed by atoms with Gasteiger partial charge in [-0.15, -0.1) is 0 Å². The van der Waals surface area contributed by atoms with E-state index < -0.39 is 0 Å². The fourth-order valence-corrected chi connectivity index (χ4v) is 1.57. The lowest BCUT2D eigenvalue weighted by Gasteiger charge is -2.04. The minimum atomic E-state index is -0.341. The Balaban J connectivity index is 2.45. The summed E-state index contributed by atoms with van der Waals surface area (Å²) in [7, 11) is 0. The van der Waals surface area contributed by atoms with E-state index in [0.29, 0.717) is 17.2 Å². The van der Waals surface area contributed by atoms with E-state index >= 15 is 0 Å². The third-order valence-electron chi connectivity index (χ3n) is 2.20. The van der Waals surface area contributed by atoms with Gasteiger partial charge in [0.25, 0.3) is 0 Å². The summed E-state index contributed by atoms with van der Waals surface area (Å²) in [4.78, 5) is 23.0. The number of ketones is 1. The van der Waals surface area contributed by atoms with Crippen LogP contribution in [0.3, 0.4) is 0 Å². The first-order valence-electron chi connectivity index (χ1n) is 5.58. The second kappa shape index (κ2) is 7.07. The second-order valence-electron chi connectivity index (χ2n) is 3.62. The summed E-state index contributed by atoms with van der Waals surface area (Å²) in [6.07, 6.45) is 1.01. The molecule has 0 amide bonds. The zero-order valence-corrected chi connectivity index (χ0v) is 10.5. The number of carbonyl (C=O) groups excluding carboxylic acids is 2. The van der Waals surface area contributed by atoms with Gasteiger partial charge >= 0.3 is 5.97 Å². The molecule has 0 N–H and O–H groups in total. The minimum Gasteiger partial charge on any atom is -0.466 e. The molecule has 0 spiro atoms. The van der Waals surface area contributed by atoms with Crippen molar-refractivity contribution >= 4 is 23.4 Å². The Hall–Kier alpha value is -1.35. The van der Waals surface area contributed by atoms with Gasteiger partial charge in [0.2, 0.25) is 0 Å². The maximum Gasteiger partial charge on any atom is 0.306 e. The monoisotopic (exact) mass is 254 g/mol. The Kier molecular flexibility index (Phi) is 5.70. The van der Waals surface area contributed by atoms with Crippen LogP contribution in [0.2, 0.25) is 5.02 Å². The molecule has 1 aromatic carbocycles. The Morgan fingerprint density at radius 1 is 1.24 bits per heavy atom. The fraction of sp³-hybridized carbons (Fsp3) is 0.385. The molecule has 92 valence electrons. The molecule has 1 aromatic rings. The van der Waals surface area contributed by atoms with Crippen LogP contribution in [-0.4, -0.2) is 18.4 Å². The molecule has 17 heavy (non-hydrogen) atoms. The predicted octanol–water partition coefficient (Wildman–Crippen LogP) is 3.26. The number of benzene rings is 1. The van der Waals surface area contributed by atoms with Crippen LogP contribution in [0.1, 0.15) is 36.5 Å². The number of carbonyl (C=O) groups is 2. The Morgan fingerprint density at radius 2 is 1.94 bits per heavy atom. The highest BCUT2D eigenvalue weighted by molar-refractivity contribution is 6.33. The molecule has 0 bridgehead atoms. The molecule has 0 unspecified atom stereocenters. The van der Waals surface area contributed by atoms with Gasteiger partial charge in [-0.05, 0) is 18.6 Å². The average Bonchev–Trinajstić information content (AvgIpc) is 2.34. The van der Waals surface area contributed by atoms with Gasteiger partial charge < -0.3 is 4.74 Å². The summed E-state index contributed by atoms with van der Waals surface area (Å²) in [6, 6.07) is 6.81. The first-order chi connectivity index (χ1) is 8.15. The number of hydrogen-bond acceptors (Lipinski definition) is 3. The molecular formula is C13H15ClO3. The molecule has 0 fully saturated rings. The van der Waals surface area contributed by atoms with Crippen LogP contribution in [0.25, 0.3) is 0 Å². The molecule has 0 aliphatic rings. The van der Waals surface area contributed by atoms with E-state index in [0.717, 1.165) is 6.42 Å². The number of halogens is 1. The number of hydrogen-bond donors (Lipinski definition) is 0. The third kappa shape index (κ3) is 4.57. The quantitative estimate of drug-likeness (QED) is 0.578. The van der Waals surface area contributed by atoms with Crippen molar-refractivity contribution in [3.63, 3.8) is 0 Å². The van der Waals surface area contributed by atoms with Crippen molar-refractivity contribution in [1.29, 1.82) is 0 Å². The standard InChI is InChI=1S/C13H15ClO3/c1-2-9-17-13(16)8-7-12(15)10-5-3-4-6-11(10)14/h3-6H,2,7-9H2,1H3. The van der Waals surface area contributed by atoms with Gasteiger partial charge in [-0.25, -0.2) is 0 Å². The van der Waals surface area contributed by atoms with E-state index in [1.54, 1.807) is 24.3 Å². The van der Waals surface area contributed by atoms with E-state index in [2.05, 4.69) is 0 Å². The molecule has 0 aliphatic heterocycles. The lowest BCUT2D eigenvalue weighted by Crippen LogP contribution is -2.09. The summed E-state index contributed by atoms with van der Waals surface area (Å²) in [5.41, 5.74) is 0.456. The molecule has 0 aromatic heterocycles. The zero-order chi connectivity index (χ0) is 12.7. The van der Waals surface area contributed by atoms with Crippen molar-refractivity contribution in [1.82, 2.24) is 0 Å². The molecule has 0 atom stereocenters. The van der Waals surface area contributed by atoms with Gasteiger partial charge in [0, 0.05) is 12.0 Å². The fourth-order valence-electron chi connectivity index (χ4n) is 1.33. The average molecular weight is 255 g/mol. The van der Waals surface area contributed by atoms with Crippen molar-refractivity contribution in [2.45, 2.75) is 26.2 Å². The molecule has 3 nitrogen and oxygen atoms in total. The molecule has 4 heteroatoms. The highest BCUT2D eigenvalue weighted by Gasteiger charge is 2.12. The molecule has 0 heterocycles. The normalized spacial score (nSPS) is 10.0. The van der Waals surface area contributed by atoms with Gasteiger partial charge in [-0.2, -0.15) is 0 Å². The molecule has 0 saturated carbocycles. The van der Waals surface area contributed by atoms with E-state index in [-0.39, 0.29) is 24.6 Å². The van der Waals surface area contributed by atoms with Crippen molar-refractivity contribution in [2.75, 3.05) is 6.61 Å². The lowest BCUT2D eigenvalue weighted by atomic mass is 10.1. The van der Waals surface area contributed by atoms with Crippen LogP contribution >= 0.6 is 11.6 Å². The summed E-state index contributed by atoms with van der Waals surface area (Å²) in [5.74, 6) is -0.476. The molecule has 0 radical (unpaired) electrons. The number of esters is 1. The zero-order valence-electron chi connectivity index (χ0n) is 9.74. The Labute approximate surface area is 106 Å². The topological polar surface area (TPSA) is 43.4 Å². The summed E-state index contributed by atoms with van der Waals surface area (Å²) in [5, 5.41) is 0.416. The molecule has 1 rings (SSSR count). The molecular weight excluding hydrogens is 240 g/mol. The van der Waals surface area contributed by atoms with E-state index in [1.165, 1.54) is 0 Å². The summed E-state index contributed by atoms with van der Waals surface area (Å²) < 4.78 is 4.88. The number of ether oxygens (including phenoxy) is 1. The molecule has 0 aliphatic carbocycles. The first-order valence-corrected chi connectivity index (χ1v) is 5.96. The number of Topliss-reactive ketones (excluding diaryl/α,β-unsaturated/α-hetero) is 1. The minimum absolute atomic E-state index is 0.101. The largest absolute Gasteiger partial charge is 0.466 e. The van der Waals surface area contributed by atoms with Gasteiger partial charge in [-0.1, -0.05) is 30.7 Å². The van der Waals surface area contributed by atoms with Gasteiger partial charge in [0.05, 0.1) is 18.1 Å².